The molecule has 3 aromatic rings. The van der Waals surface area contributed by atoms with Crippen LogP contribution in [0.3, 0.4) is 0 Å². The maximum Gasteiger partial charge on any atom is 0.325 e. The summed E-state index contributed by atoms with van der Waals surface area (Å²) in [6, 6.07) is 8.77. The normalized spacial score (nSPS) is 10.5. The largest absolute Gasteiger partial charge is 0.454 e. The van der Waals surface area contributed by atoms with Crippen molar-refractivity contribution in [3.05, 3.63) is 46.5 Å². The first-order chi connectivity index (χ1) is 12.5. The number of carbonyl (C=O) groups is 3. The molecule has 8 nitrogen and oxygen atoms in total. The molecule has 0 aliphatic rings. The highest BCUT2D eigenvalue weighted by Gasteiger charge is 2.18. The Morgan fingerprint density at radius 3 is 2.77 bits per heavy atom. The molecule has 26 heavy (non-hydrogen) atoms. The first-order valence-corrected chi connectivity index (χ1v) is 8.55. The number of ether oxygens (including phenoxy) is 1. The zero-order chi connectivity index (χ0) is 18.5. The molecule has 0 aliphatic carbocycles. The van der Waals surface area contributed by atoms with Gasteiger partial charge in [0, 0.05) is 16.2 Å². The first kappa shape index (κ1) is 17.9. The van der Waals surface area contributed by atoms with E-state index < -0.39 is 24.4 Å². The highest BCUT2D eigenvalue weighted by Crippen LogP contribution is 2.34. The van der Waals surface area contributed by atoms with E-state index in [0.29, 0.717) is 9.90 Å². The summed E-state index contributed by atoms with van der Waals surface area (Å²) in [5, 5.41) is 9.39. The van der Waals surface area contributed by atoms with Crippen LogP contribution in [0.2, 0.25) is 5.02 Å². The molecular formula is C16H12ClN3O5S. The van der Waals surface area contributed by atoms with Crippen molar-refractivity contribution in [2.24, 2.45) is 0 Å². The van der Waals surface area contributed by atoms with Crippen molar-refractivity contribution < 1.29 is 23.6 Å². The number of hydrogen-bond donors (Lipinski definition) is 2. The lowest BCUT2D eigenvalue weighted by atomic mass is 10.2. The van der Waals surface area contributed by atoms with Gasteiger partial charge in [-0.05, 0) is 6.07 Å². The van der Waals surface area contributed by atoms with Gasteiger partial charge in [0.25, 0.3) is 11.8 Å². The van der Waals surface area contributed by atoms with Gasteiger partial charge in [-0.25, -0.2) is 0 Å². The maximum absolute atomic E-state index is 12.2. The van der Waals surface area contributed by atoms with E-state index in [1.165, 1.54) is 23.7 Å². The molecule has 1 aromatic carbocycles. The van der Waals surface area contributed by atoms with Crippen molar-refractivity contribution in [1.82, 2.24) is 10.5 Å². The highest BCUT2D eigenvalue weighted by molar-refractivity contribution is 7.21. The third-order valence-corrected chi connectivity index (χ3v) is 4.88. The molecule has 2 heterocycles. The SMILES string of the molecule is O=C(COC(=O)CNC(=O)c1sc2ccccc2c1Cl)Nc1ccon1. The van der Waals surface area contributed by atoms with Crippen molar-refractivity contribution in [1.29, 1.82) is 0 Å². The second-order valence-electron chi connectivity index (χ2n) is 5.02. The third-order valence-electron chi connectivity index (χ3n) is 3.20. The summed E-state index contributed by atoms with van der Waals surface area (Å²) in [5.74, 6) is -1.61. The fourth-order valence-electron chi connectivity index (χ4n) is 2.05. The lowest BCUT2D eigenvalue weighted by Crippen LogP contribution is -2.32. The minimum absolute atomic E-state index is 0.207. The average molecular weight is 394 g/mol. The number of nitrogens with zero attached hydrogens (tertiary/aromatic N) is 1. The number of thiophene rings is 1. The first-order valence-electron chi connectivity index (χ1n) is 7.35. The number of esters is 1. The second kappa shape index (κ2) is 7.98. The number of halogens is 1. The van der Waals surface area contributed by atoms with Crippen molar-refractivity contribution >= 4 is 56.6 Å². The van der Waals surface area contributed by atoms with E-state index in [-0.39, 0.29) is 12.4 Å². The molecule has 0 aliphatic heterocycles. The van der Waals surface area contributed by atoms with Crippen LogP contribution in [0.1, 0.15) is 9.67 Å². The number of hydrogen-bond acceptors (Lipinski definition) is 7. The number of rotatable bonds is 6. The van der Waals surface area contributed by atoms with Crippen LogP contribution in [0.15, 0.2) is 41.1 Å². The van der Waals surface area contributed by atoms with Gasteiger partial charge in [0.05, 0.1) is 5.02 Å². The number of benzene rings is 1. The van der Waals surface area contributed by atoms with Gasteiger partial charge in [-0.15, -0.1) is 11.3 Å². The van der Waals surface area contributed by atoms with E-state index in [1.54, 1.807) is 0 Å². The molecule has 2 amide bonds. The van der Waals surface area contributed by atoms with Crippen LogP contribution >= 0.6 is 22.9 Å². The van der Waals surface area contributed by atoms with Crippen LogP contribution in [0.25, 0.3) is 10.1 Å². The summed E-state index contributed by atoms with van der Waals surface area (Å²) in [6.07, 6.45) is 1.29. The summed E-state index contributed by atoms with van der Waals surface area (Å²) in [7, 11) is 0. The molecule has 134 valence electrons. The Morgan fingerprint density at radius 1 is 1.23 bits per heavy atom. The van der Waals surface area contributed by atoms with Gasteiger partial charge in [-0.2, -0.15) is 0 Å². The van der Waals surface area contributed by atoms with Gasteiger partial charge in [0.1, 0.15) is 17.7 Å². The Bertz CT molecular complexity index is 954. The molecular weight excluding hydrogens is 382 g/mol. The number of fused-ring (bicyclic) bond motifs is 1. The second-order valence-corrected chi connectivity index (χ2v) is 6.45. The highest BCUT2D eigenvalue weighted by atomic mass is 35.5. The maximum atomic E-state index is 12.2. The lowest BCUT2D eigenvalue weighted by molar-refractivity contribution is -0.146. The number of carbonyl (C=O) groups excluding carboxylic acids is 3. The number of anilines is 1. The quantitative estimate of drug-likeness (QED) is 0.622. The van der Waals surface area contributed by atoms with E-state index in [4.69, 9.17) is 16.3 Å². The van der Waals surface area contributed by atoms with Gasteiger partial charge >= 0.3 is 5.97 Å². The van der Waals surface area contributed by atoms with E-state index >= 15 is 0 Å². The molecule has 3 rings (SSSR count). The summed E-state index contributed by atoms with van der Waals surface area (Å²) in [4.78, 5) is 35.7. The molecule has 0 saturated carbocycles. The third kappa shape index (κ3) is 4.19. The van der Waals surface area contributed by atoms with E-state index in [0.717, 1.165) is 10.1 Å². The Labute approximate surface area is 156 Å². The number of amides is 2. The monoisotopic (exact) mass is 393 g/mol. The van der Waals surface area contributed by atoms with Crippen molar-refractivity contribution in [3.63, 3.8) is 0 Å². The molecule has 0 fully saturated rings. The summed E-state index contributed by atoms with van der Waals surface area (Å²) in [6.45, 7) is -0.897. The standard InChI is InChI=1S/C16H12ClN3O5S/c17-14-9-3-1-2-4-10(9)26-15(14)16(23)18-7-13(22)24-8-12(21)19-11-5-6-25-20-11/h1-6H,7-8H2,(H,18,23)(H,19,20,21). The Kier molecular flexibility index (Phi) is 5.49. The predicted octanol–water partition coefficient (Wildman–Crippen LogP) is 2.45. The van der Waals surface area contributed by atoms with E-state index in [1.807, 2.05) is 24.3 Å². The zero-order valence-electron chi connectivity index (χ0n) is 13.2. The fraction of sp³-hybridized carbons (Fsp3) is 0.125. The summed E-state index contributed by atoms with van der Waals surface area (Å²) < 4.78 is 10.2. The Balaban J connectivity index is 1.48. The summed E-state index contributed by atoms with van der Waals surface area (Å²) in [5.41, 5.74) is 0. The van der Waals surface area contributed by atoms with E-state index in [2.05, 4.69) is 20.3 Å². The molecule has 10 heteroatoms. The fourth-order valence-corrected chi connectivity index (χ4v) is 3.48. The lowest BCUT2D eigenvalue weighted by Gasteiger charge is -2.05. The van der Waals surface area contributed by atoms with Crippen LogP contribution in [-0.2, 0) is 14.3 Å². The Morgan fingerprint density at radius 2 is 2.04 bits per heavy atom. The van der Waals surface area contributed by atoms with Crippen molar-refractivity contribution in [3.8, 4) is 0 Å². The van der Waals surface area contributed by atoms with Gasteiger partial charge < -0.3 is 19.9 Å². The van der Waals surface area contributed by atoms with Crippen molar-refractivity contribution in [2.45, 2.75) is 0 Å². The smallest absolute Gasteiger partial charge is 0.325 e. The topological polar surface area (TPSA) is 111 Å². The predicted molar refractivity (Wildman–Crippen MR) is 95.3 cm³/mol. The molecule has 2 aromatic heterocycles. The van der Waals surface area contributed by atoms with Crippen LogP contribution in [0.5, 0.6) is 0 Å². The number of aromatic nitrogens is 1. The van der Waals surface area contributed by atoms with Crippen LogP contribution in [-0.4, -0.2) is 36.1 Å². The Hall–Kier alpha value is -2.91. The molecule has 0 spiro atoms. The van der Waals surface area contributed by atoms with Crippen molar-refractivity contribution in [2.75, 3.05) is 18.5 Å². The minimum atomic E-state index is -0.758. The minimum Gasteiger partial charge on any atom is -0.454 e. The van der Waals surface area contributed by atoms with Gasteiger partial charge in [-0.1, -0.05) is 35.0 Å². The summed E-state index contributed by atoms with van der Waals surface area (Å²) >= 11 is 7.43. The zero-order valence-corrected chi connectivity index (χ0v) is 14.7. The van der Waals surface area contributed by atoms with Crippen LogP contribution < -0.4 is 10.6 Å². The molecule has 0 atom stereocenters. The molecule has 2 N–H and O–H groups in total. The van der Waals surface area contributed by atoms with E-state index in [9.17, 15) is 14.4 Å². The number of nitrogens with one attached hydrogen (secondary N) is 2. The molecule has 0 unspecified atom stereocenters. The van der Waals surface area contributed by atoms with Crippen LogP contribution in [0, 0.1) is 0 Å². The molecule has 0 radical (unpaired) electrons. The average Bonchev–Trinajstić information content (AvgIpc) is 3.26. The molecule has 0 saturated heterocycles. The van der Waals surface area contributed by atoms with Crippen LogP contribution in [0.4, 0.5) is 5.82 Å². The molecule has 0 bridgehead atoms. The van der Waals surface area contributed by atoms with Gasteiger partial charge in [0.2, 0.25) is 0 Å². The van der Waals surface area contributed by atoms with Gasteiger partial charge in [0.15, 0.2) is 12.4 Å². The van der Waals surface area contributed by atoms with Gasteiger partial charge in [-0.3, -0.25) is 14.4 Å².